The molecule has 0 aliphatic rings. The van der Waals surface area contributed by atoms with Gasteiger partial charge in [-0.15, -0.1) is 0 Å². The number of aromatic nitrogens is 1. The summed E-state index contributed by atoms with van der Waals surface area (Å²) >= 11 is 0. The van der Waals surface area contributed by atoms with Gasteiger partial charge in [-0.3, -0.25) is 4.98 Å². The topological polar surface area (TPSA) is 38.1 Å². The lowest BCUT2D eigenvalue weighted by Gasteiger charge is -2.10. The lowest BCUT2D eigenvalue weighted by molar-refractivity contribution is 0.453. The van der Waals surface area contributed by atoms with Crippen LogP contribution in [0.3, 0.4) is 0 Å². The molecule has 0 radical (unpaired) electrons. The second kappa shape index (κ2) is 5.88. The molecule has 1 atom stereocenters. The monoisotopic (exact) mass is 266 g/mol. The van der Waals surface area contributed by atoms with Crippen LogP contribution in [0.25, 0.3) is 11.0 Å². The smallest absolute Gasteiger partial charge is 0.134 e. The zero-order valence-electron chi connectivity index (χ0n) is 11.5. The van der Waals surface area contributed by atoms with Crippen molar-refractivity contribution in [2.24, 2.45) is 0 Å². The molecule has 0 spiro atoms. The van der Waals surface area contributed by atoms with E-state index in [1.807, 2.05) is 42.6 Å². The number of benzene rings is 1. The van der Waals surface area contributed by atoms with Crippen molar-refractivity contribution in [3.63, 3.8) is 0 Å². The van der Waals surface area contributed by atoms with Gasteiger partial charge in [-0.2, -0.15) is 0 Å². The summed E-state index contributed by atoms with van der Waals surface area (Å²) in [6.45, 7) is 3.01. The van der Waals surface area contributed by atoms with Crippen molar-refractivity contribution in [1.29, 1.82) is 0 Å². The molecule has 3 heteroatoms. The third-order valence-corrected chi connectivity index (χ3v) is 3.43. The number of rotatable bonds is 5. The van der Waals surface area contributed by atoms with Crippen molar-refractivity contribution < 1.29 is 4.42 Å². The number of pyridine rings is 1. The van der Waals surface area contributed by atoms with Gasteiger partial charge in [0.1, 0.15) is 11.3 Å². The minimum absolute atomic E-state index is 0.200. The van der Waals surface area contributed by atoms with Gasteiger partial charge in [-0.1, -0.05) is 24.3 Å². The number of hydrogen-bond donors (Lipinski definition) is 1. The standard InChI is InChI=1S/C17H18N2O/c1-13(18-11-9-15-7-4-5-10-19-15)17-12-14-6-2-3-8-16(14)20-17/h2-8,10,12-13,18H,9,11H2,1H3. The van der Waals surface area contributed by atoms with Crippen LogP contribution in [0.5, 0.6) is 0 Å². The Labute approximate surface area is 118 Å². The quantitative estimate of drug-likeness (QED) is 0.764. The number of nitrogens with one attached hydrogen (secondary N) is 1. The van der Waals surface area contributed by atoms with E-state index >= 15 is 0 Å². The molecule has 1 aromatic carbocycles. The van der Waals surface area contributed by atoms with Gasteiger partial charge in [0.2, 0.25) is 0 Å². The average molecular weight is 266 g/mol. The molecule has 0 aliphatic carbocycles. The molecule has 0 aliphatic heterocycles. The van der Waals surface area contributed by atoms with E-state index in [0.717, 1.165) is 35.4 Å². The maximum absolute atomic E-state index is 5.85. The van der Waals surface area contributed by atoms with E-state index in [-0.39, 0.29) is 6.04 Å². The Bertz CT molecular complexity index is 643. The predicted molar refractivity (Wildman–Crippen MR) is 80.6 cm³/mol. The van der Waals surface area contributed by atoms with Crippen LogP contribution in [-0.2, 0) is 6.42 Å². The average Bonchev–Trinajstić information content (AvgIpc) is 2.92. The van der Waals surface area contributed by atoms with Crippen molar-refractivity contribution in [3.05, 3.63) is 66.2 Å². The first kappa shape index (κ1) is 12.9. The summed E-state index contributed by atoms with van der Waals surface area (Å²) in [5, 5.41) is 4.63. The van der Waals surface area contributed by atoms with Gasteiger partial charge < -0.3 is 9.73 Å². The second-order valence-electron chi connectivity index (χ2n) is 4.93. The van der Waals surface area contributed by atoms with Crippen LogP contribution >= 0.6 is 0 Å². The summed E-state index contributed by atoms with van der Waals surface area (Å²) in [4.78, 5) is 4.32. The SMILES string of the molecule is CC(NCCc1ccccn1)c1cc2ccccc2o1. The zero-order valence-corrected chi connectivity index (χ0v) is 11.5. The highest BCUT2D eigenvalue weighted by Gasteiger charge is 2.10. The molecular weight excluding hydrogens is 248 g/mol. The Balaban J connectivity index is 1.60. The van der Waals surface area contributed by atoms with E-state index in [9.17, 15) is 0 Å². The molecule has 0 fully saturated rings. The van der Waals surface area contributed by atoms with E-state index in [1.54, 1.807) is 0 Å². The number of fused-ring (bicyclic) bond motifs is 1. The maximum atomic E-state index is 5.85. The number of para-hydroxylation sites is 1. The highest BCUT2D eigenvalue weighted by atomic mass is 16.3. The molecule has 0 bridgehead atoms. The minimum Gasteiger partial charge on any atom is -0.459 e. The van der Waals surface area contributed by atoms with Gasteiger partial charge in [-0.05, 0) is 31.2 Å². The largest absolute Gasteiger partial charge is 0.459 e. The first-order valence-corrected chi connectivity index (χ1v) is 6.95. The number of furan rings is 1. The van der Waals surface area contributed by atoms with Crippen molar-refractivity contribution in [2.45, 2.75) is 19.4 Å². The highest BCUT2D eigenvalue weighted by Crippen LogP contribution is 2.23. The second-order valence-corrected chi connectivity index (χ2v) is 4.93. The summed E-state index contributed by atoms with van der Waals surface area (Å²) in [5.41, 5.74) is 2.05. The lowest BCUT2D eigenvalue weighted by atomic mass is 10.2. The van der Waals surface area contributed by atoms with Crippen LogP contribution in [0.1, 0.15) is 24.4 Å². The molecular formula is C17H18N2O. The molecule has 3 aromatic rings. The molecule has 1 unspecified atom stereocenters. The molecule has 0 saturated heterocycles. The maximum Gasteiger partial charge on any atom is 0.134 e. The van der Waals surface area contributed by atoms with Gasteiger partial charge in [0.15, 0.2) is 0 Å². The minimum atomic E-state index is 0.200. The molecule has 3 nitrogen and oxygen atoms in total. The Kier molecular flexibility index (Phi) is 3.79. The van der Waals surface area contributed by atoms with E-state index < -0.39 is 0 Å². The summed E-state index contributed by atoms with van der Waals surface area (Å²) in [5.74, 6) is 0.979. The number of nitrogens with zero attached hydrogens (tertiary/aromatic N) is 1. The van der Waals surface area contributed by atoms with Crippen LogP contribution in [0.15, 0.2) is 59.1 Å². The summed E-state index contributed by atoms with van der Waals surface area (Å²) < 4.78 is 5.85. The third-order valence-electron chi connectivity index (χ3n) is 3.43. The van der Waals surface area contributed by atoms with Gasteiger partial charge in [0.25, 0.3) is 0 Å². The molecule has 2 heterocycles. The Morgan fingerprint density at radius 2 is 2.00 bits per heavy atom. The van der Waals surface area contributed by atoms with Crippen LogP contribution in [-0.4, -0.2) is 11.5 Å². The molecule has 20 heavy (non-hydrogen) atoms. The molecule has 2 aromatic heterocycles. The van der Waals surface area contributed by atoms with Gasteiger partial charge in [0, 0.05) is 30.2 Å². The molecule has 3 rings (SSSR count). The molecule has 0 amide bonds. The third kappa shape index (κ3) is 2.89. The van der Waals surface area contributed by atoms with Crippen molar-refractivity contribution in [1.82, 2.24) is 10.3 Å². The van der Waals surface area contributed by atoms with E-state index in [1.165, 1.54) is 0 Å². The van der Waals surface area contributed by atoms with Crippen LogP contribution in [0.2, 0.25) is 0 Å². The van der Waals surface area contributed by atoms with Crippen LogP contribution < -0.4 is 5.32 Å². The highest BCUT2D eigenvalue weighted by molar-refractivity contribution is 5.77. The van der Waals surface area contributed by atoms with Crippen molar-refractivity contribution in [2.75, 3.05) is 6.54 Å². The first-order valence-electron chi connectivity index (χ1n) is 6.95. The first-order chi connectivity index (χ1) is 9.83. The Morgan fingerprint density at radius 1 is 1.15 bits per heavy atom. The van der Waals surface area contributed by atoms with E-state index in [0.29, 0.717) is 0 Å². The predicted octanol–water partition coefficient (Wildman–Crippen LogP) is 3.72. The number of hydrogen-bond acceptors (Lipinski definition) is 3. The van der Waals surface area contributed by atoms with E-state index in [4.69, 9.17) is 4.42 Å². The summed E-state index contributed by atoms with van der Waals surface area (Å²) in [7, 11) is 0. The fraction of sp³-hybridized carbons (Fsp3) is 0.235. The van der Waals surface area contributed by atoms with Crippen molar-refractivity contribution >= 4 is 11.0 Å². The Hall–Kier alpha value is -2.13. The van der Waals surface area contributed by atoms with Gasteiger partial charge >= 0.3 is 0 Å². The Morgan fingerprint density at radius 3 is 2.80 bits per heavy atom. The normalized spacial score (nSPS) is 12.7. The van der Waals surface area contributed by atoms with Crippen LogP contribution in [0.4, 0.5) is 0 Å². The zero-order chi connectivity index (χ0) is 13.8. The fourth-order valence-electron chi connectivity index (χ4n) is 2.28. The van der Waals surface area contributed by atoms with Gasteiger partial charge in [0.05, 0.1) is 6.04 Å². The van der Waals surface area contributed by atoms with Crippen LogP contribution in [0, 0.1) is 0 Å². The van der Waals surface area contributed by atoms with E-state index in [2.05, 4.69) is 29.4 Å². The molecule has 102 valence electrons. The summed E-state index contributed by atoms with van der Waals surface area (Å²) in [6.07, 6.45) is 2.75. The fourth-order valence-corrected chi connectivity index (χ4v) is 2.28. The van der Waals surface area contributed by atoms with Crippen molar-refractivity contribution in [3.8, 4) is 0 Å². The molecule has 0 saturated carbocycles. The lowest BCUT2D eigenvalue weighted by Crippen LogP contribution is -2.21. The molecule has 1 N–H and O–H groups in total. The summed E-state index contributed by atoms with van der Waals surface area (Å²) in [6, 6.07) is 16.4. The van der Waals surface area contributed by atoms with Gasteiger partial charge in [-0.25, -0.2) is 0 Å².